The Hall–Kier alpha value is -2.34. The minimum Gasteiger partial charge on any atom is -0.394 e. The van der Waals surface area contributed by atoms with E-state index in [1.54, 1.807) is 4.90 Å². The standard InChI is InChI=1S/C22H27N3O2/c1-24(2)14-21(27)25-19(13-23)22(20(25)15-26)18-11-9-17(10-12-18)8-7-16-5-3-4-6-16/h9-12,16,19-20,22,26H,3-6,14-15H2,1-2H3/t19-,20-,22+/m0/s1. The molecule has 1 N–H and O–H groups in total. The fourth-order valence-electron chi connectivity index (χ4n) is 4.15. The fourth-order valence-corrected chi connectivity index (χ4v) is 4.15. The van der Waals surface area contributed by atoms with Crippen molar-refractivity contribution < 1.29 is 9.90 Å². The summed E-state index contributed by atoms with van der Waals surface area (Å²) in [5.41, 5.74) is 1.94. The van der Waals surface area contributed by atoms with E-state index in [1.807, 2.05) is 38.4 Å². The molecule has 0 unspecified atom stereocenters. The van der Waals surface area contributed by atoms with Gasteiger partial charge in [-0.1, -0.05) is 36.8 Å². The number of carbonyl (C=O) groups is 1. The van der Waals surface area contributed by atoms with E-state index in [1.165, 1.54) is 30.6 Å². The third-order valence-corrected chi connectivity index (χ3v) is 5.54. The molecule has 142 valence electrons. The fraction of sp³-hybridized carbons (Fsp3) is 0.545. The first-order valence-corrected chi connectivity index (χ1v) is 9.63. The summed E-state index contributed by atoms with van der Waals surface area (Å²) in [6.45, 7) is 0.0857. The van der Waals surface area contributed by atoms with Crippen molar-refractivity contribution in [3.8, 4) is 17.9 Å². The van der Waals surface area contributed by atoms with Crippen molar-refractivity contribution in [2.45, 2.75) is 43.7 Å². The number of benzene rings is 1. The lowest BCUT2D eigenvalue weighted by Crippen LogP contribution is -2.66. The molecular formula is C22H27N3O2. The van der Waals surface area contributed by atoms with Gasteiger partial charge < -0.3 is 14.9 Å². The molecule has 1 aliphatic heterocycles. The van der Waals surface area contributed by atoms with Crippen LogP contribution in [0.3, 0.4) is 0 Å². The van der Waals surface area contributed by atoms with E-state index in [4.69, 9.17) is 0 Å². The van der Waals surface area contributed by atoms with Crippen molar-refractivity contribution in [3.63, 3.8) is 0 Å². The summed E-state index contributed by atoms with van der Waals surface area (Å²) in [5, 5.41) is 19.4. The summed E-state index contributed by atoms with van der Waals surface area (Å²) < 4.78 is 0. The minimum absolute atomic E-state index is 0.124. The number of nitrogens with zero attached hydrogens (tertiary/aromatic N) is 3. The number of nitriles is 1. The molecule has 0 aromatic heterocycles. The van der Waals surface area contributed by atoms with Crippen molar-refractivity contribution in [1.82, 2.24) is 9.80 Å². The van der Waals surface area contributed by atoms with Crippen LogP contribution in [0.15, 0.2) is 24.3 Å². The van der Waals surface area contributed by atoms with Gasteiger partial charge in [-0.2, -0.15) is 5.26 Å². The maximum atomic E-state index is 12.4. The molecule has 5 nitrogen and oxygen atoms in total. The van der Waals surface area contributed by atoms with Crippen LogP contribution in [0.5, 0.6) is 0 Å². The highest BCUT2D eigenvalue weighted by Crippen LogP contribution is 2.40. The first kappa shape index (κ1) is 19.4. The van der Waals surface area contributed by atoms with Crippen LogP contribution < -0.4 is 0 Å². The summed E-state index contributed by atoms with van der Waals surface area (Å²) >= 11 is 0. The quantitative estimate of drug-likeness (QED) is 0.829. The zero-order valence-electron chi connectivity index (χ0n) is 16.1. The first-order chi connectivity index (χ1) is 13.0. The Labute approximate surface area is 161 Å². The van der Waals surface area contributed by atoms with E-state index in [0.29, 0.717) is 5.92 Å². The number of carbonyl (C=O) groups excluding carboxylic acids is 1. The van der Waals surface area contributed by atoms with Gasteiger partial charge in [0, 0.05) is 17.4 Å². The molecule has 1 heterocycles. The maximum Gasteiger partial charge on any atom is 0.238 e. The van der Waals surface area contributed by atoms with Gasteiger partial charge >= 0.3 is 0 Å². The third-order valence-electron chi connectivity index (χ3n) is 5.54. The molecule has 1 saturated heterocycles. The highest BCUT2D eigenvalue weighted by atomic mass is 16.3. The third kappa shape index (κ3) is 4.16. The molecule has 1 amide bonds. The lowest BCUT2D eigenvalue weighted by atomic mass is 9.75. The van der Waals surface area contributed by atoms with Crippen molar-refractivity contribution in [1.29, 1.82) is 5.26 Å². The molecule has 1 saturated carbocycles. The lowest BCUT2D eigenvalue weighted by molar-refractivity contribution is -0.147. The Balaban J connectivity index is 1.73. The second-order valence-electron chi connectivity index (χ2n) is 7.76. The van der Waals surface area contributed by atoms with Gasteiger partial charge in [0.25, 0.3) is 0 Å². The van der Waals surface area contributed by atoms with Crippen molar-refractivity contribution in [3.05, 3.63) is 35.4 Å². The summed E-state index contributed by atoms with van der Waals surface area (Å²) in [4.78, 5) is 15.7. The van der Waals surface area contributed by atoms with Gasteiger partial charge in [-0.15, -0.1) is 0 Å². The van der Waals surface area contributed by atoms with Crippen molar-refractivity contribution in [2.24, 2.45) is 5.92 Å². The van der Waals surface area contributed by atoms with E-state index in [9.17, 15) is 15.2 Å². The van der Waals surface area contributed by atoms with Gasteiger partial charge in [-0.25, -0.2) is 0 Å². The van der Waals surface area contributed by atoms with Gasteiger partial charge in [0.15, 0.2) is 0 Å². The van der Waals surface area contributed by atoms with Gasteiger partial charge in [0.05, 0.1) is 25.3 Å². The van der Waals surface area contributed by atoms with Crippen LogP contribution in [-0.4, -0.2) is 60.1 Å². The van der Waals surface area contributed by atoms with Crippen LogP contribution in [0.25, 0.3) is 0 Å². The summed E-state index contributed by atoms with van der Waals surface area (Å²) in [6, 6.07) is 9.26. The predicted molar refractivity (Wildman–Crippen MR) is 104 cm³/mol. The molecule has 27 heavy (non-hydrogen) atoms. The minimum atomic E-state index is -0.537. The van der Waals surface area contributed by atoms with Crippen LogP contribution in [0.2, 0.25) is 0 Å². The second-order valence-corrected chi connectivity index (χ2v) is 7.76. The van der Waals surface area contributed by atoms with E-state index >= 15 is 0 Å². The Kier molecular flexibility index (Phi) is 6.16. The second kappa shape index (κ2) is 8.57. The number of likely N-dealkylation sites (tertiary alicyclic amines) is 1. The van der Waals surface area contributed by atoms with E-state index in [2.05, 4.69) is 17.9 Å². The summed E-state index contributed by atoms with van der Waals surface area (Å²) in [7, 11) is 3.63. The molecule has 1 aliphatic carbocycles. The molecule has 3 rings (SSSR count). The van der Waals surface area contributed by atoms with E-state index in [-0.39, 0.29) is 31.0 Å². The number of hydrogen-bond acceptors (Lipinski definition) is 4. The van der Waals surface area contributed by atoms with Crippen LogP contribution in [0.1, 0.15) is 42.7 Å². The van der Waals surface area contributed by atoms with Gasteiger partial charge in [-0.05, 0) is 44.6 Å². The van der Waals surface area contributed by atoms with Gasteiger partial charge in [0.2, 0.25) is 5.91 Å². The normalized spacial score (nSPS) is 24.9. The Morgan fingerprint density at radius 3 is 2.48 bits per heavy atom. The van der Waals surface area contributed by atoms with Crippen molar-refractivity contribution in [2.75, 3.05) is 27.2 Å². The van der Waals surface area contributed by atoms with E-state index in [0.717, 1.165) is 11.1 Å². The lowest BCUT2D eigenvalue weighted by Gasteiger charge is -2.51. The number of aliphatic hydroxyl groups excluding tert-OH is 1. The molecule has 1 aromatic rings. The molecule has 1 aromatic carbocycles. The first-order valence-electron chi connectivity index (χ1n) is 9.63. The SMILES string of the molecule is CN(C)CC(=O)N1[C@@H](C#N)[C@@H](c2ccc(C#CC3CCCC3)cc2)[C@@H]1CO. The molecule has 0 bridgehead atoms. The molecule has 0 spiro atoms. The number of likely N-dealkylation sites (N-methyl/N-ethyl adjacent to an activating group) is 1. The average molecular weight is 365 g/mol. The molecule has 2 aliphatic rings. The highest BCUT2D eigenvalue weighted by Gasteiger charge is 2.51. The molecule has 5 heteroatoms. The summed E-state index contributed by atoms with van der Waals surface area (Å²) in [6.07, 6.45) is 4.96. The Morgan fingerprint density at radius 1 is 1.26 bits per heavy atom. The number of amides is 1. The maximum absolute atomic E-state index is 12.4. The average Bonchev–Trinajstić information content (AvgIpc) is 3.14. The highest BCUT2D eigenvalue weighted by molar-refractivity contribution is 5.81. The molecule has 3 atom stereocenters. The van der Waals surface area contributed by atoms with Gasteiger partial charge in [0.1, 0.15) is 6.04 Å². The van der Waals surface area contributed by atoms with Crippen molar-refractivity contribution >= 4 is 5.91 Å². The van der Waals surface area contributed by atoms with Crippen LogP contribution >= 0.6 is 0 Å². The topological polar surface area (TPSA) is 67.6 Å². The number of hydrogen-bond donors (Lipinski definition) is 1. The number of aliphatic hydroxyl groups is 1. The summed E-state index contributed by atoms with van der Waals surface area (Å²) in [5.74, 6) is 6.84. The van der Waals surface area contributed by atoms with E-state index < -0.39 is 6.04 Å². The van der Waals surface area contributed by atoms with Crippen LogP contribution in [-0.2, 0) is 4.79 Å². The van der Waals surface area contributed by atoms with Crippen LogP contribution in [0.4, 0.5) is 0 Å². The molecular weight excluding hydrogens is 338 g/mol. The monoisotopic (exact) mass is 365 g/mol. The van der Waals surface area contributed by atoms with Crippen LogP contribution in [0, 0.1) is 29.1 Å². The smallest absolute Gasteiger partial charge is 0.238 e. The zero-order chi connectivity index (χ0) is 19.4. The zero-order valence-corrected chi connectivity index (χ0v) is 16.1. The molecule has 0 radical (unpaired) electrons. The Morgan fingerprint density at radius 2 is 1.93 bits per heavy atom. The number of rotatable bonds is 4. The predicted octanol–water partition coefficient (Wildman–Crippen LogP) is 1.97. The molecule has 2 fully saturated rings. The van der Waals surface area contributed by atoms with Gasteiger partial charge in [-0.3, -0.25) is 4.79 Å². The Bertz CT molecular complexity index is 763. The largest absolute Gasteiger partial charge is 0.394 e.